The fourth-order valence-corrected chi connectivity index (χ4v) is 14.3. The van der Waals surface area contributed by atoms with Crippen LogP contribution in [0.25, 0.3) is 11.1 Å². The molecule has 0 saturated heterocycles. The highest BCUT2D eigenvalue weighted by atomic mass is 31.1. The van der Waals surface area contributed by atoms with E-state index in [2.05, 4.69) is 36.4 Å². The van der Waals surface area contributed by atoms with Crippen molar-refractivity contribution in [2.75, 3.05) is 14.2 Å². The van der Waals surface area contributed by atoms with E-state index in [4.69, 9.17) is 9.47 Å². The number of benzene rings is 2. The maximum absolute atomic E-state index is 6.15. The average molecular weight is 495 g/mol. The van der Waals surface area contributed by atoms with Crippen molar-refractivity contribution in [3.63, 3.8) is 0 Å². The van der Waals surface area contributed by atoms with Crippen LogP contribution >= 0.6 is 15.8 Å². The summed E-state index contributed by atoms with van der Waals surface area (Å²) in [5, 5.41) is 3.23. The highest BCUT2D eigenvalue weighted by Gasteiger charge is 2.41. The van der Waals surface area contributed by atoms with Gasteiger partial charge in [0, 0.05) is 11.1 Å². The van der Waals surface area contributed by atoms with Crippen LogP contribution in [0, 0.1) is 0 Å². The van der Waals surface area contributed by atoms with Crippen LogP contribution in [0.1, 0.15) is 77.0 Å². The van der Waals surface area contributed by atoms with Gasteiger partial charge in [0.25, 0.3) is 0 Å². The van der Waals surface area contributed by atoms with E-state index in [1.165, 1.54) is 88.2 Å². The van der Waals surface area contributed by atoms with E-state index < -0.39 is 0 Å². The third-order valence-corrected chi connectivity index (χ3v) is 16.2. The van der Waals surface area contributed by atoms with Gasteiger partial charge in [-0.05, 0) is 96.7 Å². The average Bonchev–Trinajstić information content (AvgIpc) is 2.72. The van der Waals surface area contributed by atoms with Gasteiger partial charge in [0.05, 0.1) is 14.2 Å². The molecule has 4 saturated carbocycles. The van der Waals surface area contributed by atoms with E-state index >= 15 is 0 Å². The van der Waals surface area contributed by atoms with E-state index in [1.807, 2.05) is 14.2 Å². The van der Waals surface area contributed by atoms with E-state index in [-0.39, 0.29) is 15.8 Å². The van der Waals surface area contributed by atoms with Crippen LogP contribution in [0.3, 0.4) is 0 Å². The van der Waals surface area contributed by atoms with Crippen molar-refractivity contribution in [1.82, 2.24) is 0 Å². The van der Waals surface area contributed by atoms with Gasteiger partial charge in [0.15, 0.2) is 0 Å². The molecular weight excluding hydrogens is 454 g/mol. The second-order valence-electron chi connectivity index (χ2n) is 10.9. The molecule has 4 aliphatic rings. The molecule has 0 aromatic heterocycles. The molecule has 182 valence electrons. The zero-order chi connectivity index (χ0) is 23.1. The van der Waals surface area contributed by atoms with Crippen LogP contribution in [-0.2, 0) is 0 Å². The van der Waals surface area contributed by atoms with Crippen molar-refractivity contribution < 1.29 is 9.47 Å². The number of hydrogen-bond acceptors (Lipinski definition) is 2. The Morgan fingerprint density at radius 3 is 1.09 bits per heavy atom. The van der Waals surface area contributed by atoms with Crippen molar-refractivity contribution >= 4 is 26.5 Å². The Balaban J connectivity index is 1.54. The smallest absolute Gasteiger partial charge is 0.127 e. The Hall–Kier alpha value is -1.10. The summed E-state index contributed by atoms with van der Waals surface area (Å²) in [4.78, 5) is 0. The maximum atomic E-state index is 6.15. The van der Waals surface area contributed by atoms with Gasteiger partial charge in [-0.2, -0.15) is 0 Å². The van der Waals surface area contributed by atoms with Crippen molar-refractivity contribution in [2.45, 2.75) is 99.7 Å². The fourth-order valence-electron chi connectivity index (χ4n) is 6.35. The highest BCUT2D eigenvalue weighted by molar-refractivity contribution is 7.68. The molecule has 0 amide bonds. The van der Waals surface area contributed by atoms with Crippen LogP contribution in [0.5, 0.6) is 11.5 Å². The molecular formula is C30H40O2P2. The Morgan fingerprint density at radius 1 is 0.529 bits per heavy atom. The lowest BCUT2D eigenvalue weighted by Gasteiger charge is -2.45. The number of rotatable bonds is 9. The Morgan fingerprint density at radius 2 is 0.853 bits per heavy atom. The maximum Gasteiger partial charge on any atom is 0.127 e. The van der Waals surface area contributed by atoms with Crippen molar-refractivity contribution in [3.05, 3.63) is 36.4 Å². The first-order chi connectivity index (χ1) is 16.8. The summed E-state index contributed by atoms with van der Waals surface area (Å²) in [6.45, 7) is 0. The van der Waals surface area contributed by atoms with E-state index in [0.717, 1.165) is 34.1 Å². The van der Waals surface area contributed by atoms with E-state index in [9.17, 15) is 0 Å². The molecule has 2 aromatic carbocycles. The molecule has 0 unspecified atom stereocenters. The Bertz CT molecular complexity index is 895. The lowest BCUT2D eigenvalue weighted by molar-refractivity contribution is 0.410. The highest BCUT2D eigenvalue weighted by Crippen LogP contribution is 2.63. The SMILES string of the molecule is COc1cccc(P(C2CCC2)C2CCC2)c1-c1c(OC)cccc1P(C1CCC1)C1CCC1. The topological polar surface area (TPSA) is 18.5 Å². The molecule has 4 fully saturated rings. The molecule has 4 aliphatic carbocycles. The van der Waals surface area contributed by atoms with Crippen molar-refractivity contribution in [3.8, 4) is 22.6 Å². The largest absolute Gasteiger partial charge is 0.496 e. The third kappa shape index (κ3) is 4.02. The molecule has 0 spiro atoms. The molecule has 0 bridgehead atoms. The van der Waals surface area contributed by atoms with Gasteiger partial charge in [-0.25, -0.2) is 0 Å². The van der Waals surface area contributed by atoms with Crippen LogP contribution < -0.4 is 20.1 Å². The molecule has 6 rings (SSSR count). The minimum absolute atomic E-state index is 0.158. The molecule has 2 aromatic rings. The van der Waals surface area contributed by atoms with Crippen molar-refractivity contribution in [2.24, 2.45) is 0 Å². The van der Waals surface area contributed by atoms with Crippen LogP contribution in [0.15, 0.2) is 36.4 Å². The molecule has 0 N–H and O–H groups in total. The summed E-state index contributed by atoms with van der Waals surface area (Å²) in [5.74, 6) is 2.12. The lowest BCUT2D eigenvalue weighted by atomic mass is 9.98. The Kier molecular flexibility index (Phi) is 6.93. The summed E-state index contributed by atoms with van der Waals surface area (Å²) in [6.07, 6.45) is 17.1. The minimum atomic E-state index is -0.158. The second-order valence-corrected chi connectivity index (χ2v) is 16.4. The van der Waals surface area contributed by atoms with Gasteiger partial charge < -0.3 is 9.47 Å². The monoisotopic (exact) mass is 494 g/mol. The zero-order valence-corrected chi connectivity index (χ0v) is 22.8. The zero-order valence-electron chi connectivity index (χ0n) is 21.0. The van der Waals surface area contributed by atoms with E-state index in [1.54, 1.807) is 10.6 Å². The summed E-state index contributed by atoms with van der Waals surface area (Å²) < 4.78 is 12.3. The lowest BCUT2D eigenvalue weighted by Crippen LogP contribution is -2.34. The number of ether oxygens (including phenoxy) is 2. The minimum Gasteiger partial charge on any atom is -0.496 e. The molecule has 0 atom stereocenters. The predicted molar refractivity (Wildman–Crippen MR) is 149 cm³/mol. The summed E-state index contributed by atoms with van der Waals surface area (Å²) >= 11 is 0. The van der Waals surface area contributed by atoms with Crippen LogP contribution in [0.2, 0.25) is 0 Å². The van der Waals surface area contributed by atoms with Gasteiger partial charge >= 0.3 is 0 Å². The van der Waals surface area contributed by atoms with Gasteiger partial charge in [-0.1, -0.05) is 65.8 Å². The quantitative estimate of drug-likeness (QED) is 0.331. The summed E-state index contributed by atoms with van der Waals surface area (Å²) in [7, 11) is 3.42. The van der Waals surface area contributed by atoms with Crippen molar-refractivity contribution in [1.29, 1.82) is 0 Å². The normalized spacial score (nSPS) is 21.6. The van der Waals surface area contributed by atoms with Crippen LogP contribution in [0.4, 0.5) is 0 Å². The Labute approximate surface area is 208 Å². The van der Waals surface area contributed by atoms with Gasteiger partial charge in [-0.3, -0.25) is 0 Å². The summed E-state index contributed by atoms with van der Waals surface area (Å²) in [5.41, 5.74) is 6.42. The first kappa shape index (κ1) is 23.3. The number of methoxy groups -OCH3 is 2. The molecule has 0 radical (unpaired) electrons. The fraction of sp³-hybridized carbons (Fsp3) is 0.600. The molecule has 4 heteroatoms. The third-order valence-electron chi connectivity index (χ3n) is 9.13. The molecule has 2 nitrogen and oxygen atoms in total. The predicted octanol–water partition coefficient (Wildman–Crippen LogP) is 7.80. The van der Waals surface area contributed by atoms with Gasteiger partial charge in [-0.15, -0.1) is 0 Å². The first-order valence-corrected chi connectivity index (χ1v) is 16.7. The van der Waals surface area contributed by atoms with Gasteiger partial charge in [0.2, 0.25) is 0 Å². The number of hydrogen-bond donors (Lipinski definition) is 0. The first-order valence-electron chi connectivity index (χ1n) is 13.7. The second kappa shape index (κ2) is 10.1. The molecule has 34 heavy (non-hydrogen) atoms. The van der Waals surface area contributed by atoms with E-state index in [0.29, 0.717) is 0 Å². The standard InChI is InChI=1S/C30H40O2P2/c1-31-25-17-7-19-27(33(21-9-3-10-21)22-11-4-12-22)29(25)30-26(32-2)18-8-20-28(30)34(23-13-5-14-23)24-15-6-16-24/h7-8,17-24H,3-6,9-16H2,1-2H3. The molecule has 0 aliphatic heterocycles. The van der Waals surface area contributed by atoms with Crippen LogP contribution in [-0.4, -0.2) is 36.9 Å². The van der Waals surface area contributed by atoms with Gasteiger partial charge in [0.1, 0.15) is 11.5 Å². The summed E-state index contributed by atoms with van der Waals surface area (Å²) in [6, 6.07) is 13.9. The molecule has 0 heterocycles.